The minimum atomic E-state index is -0.567. The summed E-state index contributed by atoms with van der Waals surface area (Å²) in [5.41, 5.74) is 1.53. The van der Waals surface area contributed by atoms with Crippen molar-refractivity contribution in [2.24, 2.45) is 0 Å². The molecule has 3 aromatic heterocycles. The van der Waals surface area contributed by atoms with E-state index < -0.39 is 17.6 Å². The van der Waals surface area contributed by atoms with Crippen LogP contribution in [0.5, 0.6) is 0 Å². The van der Waals surface area contributed by atoms with Crippen LogP contribution in [-0.2, 0) is 16.1 Å². The molecule has 0 saturated heterocycles. The zero-order valence-corrected chi connectivity index (χ0v) is 16.7. The molecular weight excluding hydrogens is 394 g/mol. The highest BCUT2D eigenvalue weighted by molar-refractivity contribution is 7.18. The van der Waals surface area contributed by atoms with Crippen molar-refractivity contribution in [1.29, 1.82) is 0 Å². The van der Waals surface area contributed by atoms with Crippen LogP contribution < -0.4 is 11.0 Å². The van der Waals surface area contributed by atoms with Crippen LogP contribution in [0.1, 0.15) is 20.8 Å². The normalized spacial score (nSPS) is 11.1. The second-order valence-electron chi connectivity index (χ2n) is 6.43. The molecule has 0 unspecified atom stereocenters. The third-order valence-corrected chi connectivity index (χ3v) is 5.77. The van der Waals surface area contributed by atoms with E-state index in [1.807, 2.05) is 13.8 Å². The maximum atomic E-state index is 12.7. The summed E-state index contributed by atoms with van der Waals surface area (Å²) in [4.78, 5) is 43.3. The number of benzene rings is 1. The van der Waals surface area contributed by atoms with E-state index in [9.17, 15) is 14.4 Å². The molecule has 1 aromatic carbocycles. The van der Waals surface area contributed by atoms with E-state index in [2.05, 4.69) is 15.4 Å². The number of fused-ring (bicyclic) bond motifs is 3. The number of nitrogens with one attached hydrogen (secondary N) is 1. The van der Waals surface area contributed by atoms with Gasteiger partial charge in [0.25, 0.3) is 0 Å². The summed E-state index contributed by atoms with van der Waals surface area (Å²) in [6.07, 6.45) is 1.42. The predicted octanol–water partition coefficient (Wildman–Crippen LogP) is 2.15. The lowest BCUT2D eigenvalue weighted by Gasteiger charge is -2.09. The van der Waals surface area contributed by atoms with E-state index in [0.717, 1.165) is 25.3 Å². The van der Waals surface area contributed by atoms with Gasteiger partial charge in [0.05, 0.1) is 23.7 Å². The number of para-hydroxylation sites is 1. The first kappa shape index (κ1) is 18.8. The number of methoxy groups -OCH3 is 1. The molecule has 0 bridgehead atoms. The van der Waals surface area contributed by atoms with Crippen molar-refractivity contribution >= 4 is 44.8 Å². The van der Waals surface area contributed by atoms with Gasteiger partial charge in [0, 0.05) is 4.88 Å². The van der Waals surface area contributed by atoms with Crippen LogP contribution in [0.4, 0.5) is 5.69 Å². The second kappa shape index (κ2) is 7.13. The van der Waals surface area contributed by atoms with Crippen molar-refractivity contribution in [1.82, 2.24) is 19.2 Å². The summed E-state index contributed by atoms with van der Waals surface area (Å²) in [6.45, 7) is 3.63. The lowest BCUT2D eigenvalue weighted by molar-refractivity contribution is -0.117. The Hall–Kier alpha value is -3.53. The minimum absolute atomic E-state index is 0.223. The predicted molar refractivity (Wildman–Crippen MR) is 109 cm³/mol. The average molecular weight is 411 g/mol. The van der Waals surface area contributed by atoms with E-state index in [4.69, 9.17) is 4.74 Å². The second-order valence-corrected chi connectivity index (χ2v) is 7.63. The van der Waals surface area contributed by atoms with Crippen LogP contribution >= 0.6 is 11.3 Å². The van der Waals surface area contributed by atoms with Crippen LogP contribution in [0, 0.1) is 13.8 Å². The molecular formula is C19H17N5O4S. The van der Waals surface area contributed by atoms with E-state index in [-0.39, 0.29) is 12.1 Å². The molecule has 148 valence electrons. The van der Waals surface area contributed by atoms with Gasteiger partial charge in [-0.2, -0.15) is 0 Å². The smallest absolute Gasteiger partial charge is 0.352 e. The number of hydrogen-bond acceptors (Lipinski definition) is 7. The number of thiophene rings is 1. The molecule has 10 heteroatoms. The molecule has 0 aliphatic rings. The molecule has 0 saturated carbocycles. The van der Waals surface area contributed by atoms with E-state index in [0.29, 0.717) is 11.3 Å². The van der Waals surface area contributed by atoms with E-state index in [1.165, 1.54) is 29.2 Å². The largest absolute Gasteiger partial charge is 0.465 e. The van der Waals surface area contributed by atoms with Gasteiger partial charge in [-0.15, -0.1) is 16.4 Å². The molecule has 1 N–H and O–H groups in total. The maximum absolute atomic E-state index is 12.7. The SMILES string of the molecule is COC(=O)c1ccccc1NC(=O)Cn1nc2c3c(C)c(C)sc3ncn2c1=O. The molecule has 1 amide bonds. The third kappa shape index (κ3) is 3.17. The van der Waals surface area contributed by atoms with Crippen molar-refractivity contribution in [2.45, 2.75) is 20.4 Å². The van der Waals surface area contributed by atoms with Gasteiger partial charge in [-0.1, -0.05) is 12.1 Å². The summed E-state index contributed by atoms with van der Waals surface area (Å²) in [5.74, 6) is -1.06. The van der Waals surface area contributed by atoms with Gasteiger partial charge in [0.1, 0.15) is 17.7 Å². The third-order valence-electron chi connectivity index (χ3n) is 4.65. The Bertz CT molecular complexity index is 1330. The number of aromatic nitrogens is 4. The van der Waals surface area contributed by atoms with Crippen molar-refractivity contribution in [2.75, 3.05) is 12.4 Å². The van der Waals surface area contributed by atoms with Crippen molar-refractivity contribution in [3.05, 3.63) is 57.1 Å². The summed E-state index contributed by atoms with van der Waals surface area (Å²) in [6, 6.07) is 6.48. The van der Waals surface area contributed by atoms with Crippen molar-refractivity contribution < 1.29 is 14.3 Å². The van der Waals surface area contributed by atoms with E-state index >= 15 is 0 Å². The minimum Gasteiger partial charge on any atom is -0.465 e. The standard InChI is InChI=1S/C19H17N5O4S/c1-10-11(2)29-17-15(10)16-22-24(19(27)23(16)9-20-17)8-14(25)21-13-7-5-4-6-12(13)18(26)28-3/h4-7,9H,8H2,1-3H3,(H,21,25). The first-order valence-electron chi connectivity index (χ1n) is 8.71. The summed E-state index contributed by atoms with van der Waals surface area (Å²) in [5, 5.41) is 7.80. The zero-order chi connectivity index (χ0) is 20.7. The number of esters is 1. The lowest BCUT2D eigenvalue weighted by Crippen LogP contribution is -2.28. The summed E-state index contributed by atoms with van der Waals surface area (Å²) < 4.78 is 7.14. The maximum Gasteiger partial charge on any atom is 0.352 e. The number of hydrogen-bond donors (Lipinski definition) is 1. The molecule has 0 radical (unpaired) electrons. The fourth-order valence-corrected chi connectivity index (χ4v) is 4.07. The summed E-state index contributed by atoms with van der Waals surface area (Å²) >= 11 is 1.53. The average Bonchev–Trinajstić information content (AvgIpc) is 3.18. The monoisotopic (exact) mass is 411 g/mol. The molecule has 0 aliphatic carbocycles. The lowest BCUT2D eigenvalue weighted by atomic mass is 10.2. The Labute approximate surface area is 168 Å². The van der Waals surface area contributed by atoms with E-state index in [1.54, 1.807) is 24.3 Å². The molecule has 3 heterocycles. The van der Waals surface area contributed by atoms with Gasteiger partial charge >= 0.3 is 11.7 Å². The van der Waals surface area contributed by atoms with Gasteiger partial charge in [0.15, 0.2) is 5.65 Å². The number of ether oxygens (including phenoxy) is 1. The van der Waals surface area contributed by atoms with Gasteiger partial charge in [-0.3, -0.25) is 4.79 Å². The molecule has 4 aromatic rings. The highest BCUT2D eigenvalue weighted by Crippen LogP contribution is 2.30. The molecule has 0 fully saturated rings. The van der Waals surface area contributed by atoms with Crippen LogP contribution in [0.25, 0.3) is 15.9 Å². The first-order valence-corrected chi connectivity index (χ1v) is 9.53. The highest BCUT2D eigenvalue weighted by atomic mass is 32.1. The molecule has 0 atom stereocenters. The van der Waals surface area contributed by atoms with Crippen LogP contribution in [0.15, 0.2) is 35.4 Å². The molecule has 0 spiro atoms. The number of amides is 1. The fourth-order valence-electron chi connectivity index (χ4n) is 3.08. The number of carbonyl (C=O) groups is 2. The van der Waals surface area contributed by atoms with Gasteiger partial charge < -0.3 is 10.1 Å². The Kier molecular flexibility index (Phi) is 4.63. The zero-order valence-electron chi connectivity index (χ0n) is 15.9. The van der Waals surface area contributed by atoms with Crippen LogP contribution in [-0.4, -0.2) is 38.2 Å². The van der Waals surface area contributed by atoms with Crippen molar-refractivity contribution in [3.8, 4) is 0 Å². The highest BCUT2D eigenvalue weighted by Gasteiger charge is 2.18. The first-order chi connectivity index (χ1) is 13.9. The van der Waals surface area contributed by atoms with Gasteiger partial charge in [0.2, 0.25) is 5.91 Å². The Morgan fingerprint density at radius 2 is 2.00 bits per heavy atom. The molecule has 29 heavy (non-hydrogen) atoms. The van der Waals surface area contributed by atoms with Crippen molar-refractivity contribution in [3.63, 3.8) is 0 Å². The Balaban J connectivity index is 1.68. The number of nitrogens with zero attached hydrogens (tertiary/aromatic N) is 4. The molecule has 0 aliphatic heterocycles. The molecule has 4 rings (SSSR count). The van der Waals surface area contributed by atoms with Gasteiger partial charge in [-0.25, -0.2) is 23.7 Å². The number of carbonyl (C=O) groups excluding carboxylic acids is 2. The Morgan fingerprint density at radius 1 is 1.24 bits per heavy atom. The topological polar surface area (TPSA) is 108 Å². The van der Waals surface area contributed by atoms with Crippen LogP contribution in [0.3, 0.4) is 0 Å². The number of rotatable bonds is 4. The number of anilines is 1. The number of aryl methyl sites for hydroxylation is 2. The summed E-state index contributed by atoms with van der Waals surface area (Å²) in [7, 11) is 1.26. The fraction of sp³-hybridized carbons (Fsp3) is 0.211. The van der Waals surface area contributed by atoms with Gasteiger partial charge in [-0.05, 0) is 31.5 Å². The molecule has 9 nitrogen and oxygen atoms in total. The quantitative estimate of drug-likeness (QED) is 0.516. The Morgan fingerprint density at radius 3 is 2.76 bits per heavy atom. The van der Waals surface area contributed by atoms with Crippen LogP contribution in [0.2, 0.25) is 0 Å².